The smallest absolute Gasteiger partial charge is 0.310 e. The van der Waals surface area contributed by atoms with Crippen LogP contribution >= 0.6 is 0 Å². The van der Waals surface area contributed by atoms with Crippen LogP contribution in [0, 0.1) is 10.1 Å². The van der Waals surface area contributed by atoms with Gasteiger partial charge in [-0.1, -0.05) is 12.1 Å². The molecule has 21 heavy (non-hydrogen) atoms. The van der Waals surface area contributed by atoms with E-state index in [1.807, 2.05) is 0 Å². The van der Waals surface area contributed by atoms with Gasteiger partial charge in [-0.3, -0.25) is 14.9 Å². The summed E-state index contributed by atoms with van der Waals surface area (Å²) in [5.41, 5.74) is 1.34. The first-order valence-corrected chi connectivity index (χ1v) is 6.17. The predicted octanol–water partition coefficient (Wildman–Crippen LogP) is 2.92. The van der Waals surface area contributed by atoms with Crippen molar-refractivity contribution in [2.75, 3.05) is 5.32 Å². The van der Waals surface area contributed by atoms with Crippen LogP contribution in [0.2, 0.25) is 0 Å². The Balaban J connectivity index is 2.09. The SMILES string of the molecule is C[C@@H](C(=O)O)c1ccc(Nc2ccc([N+](=O)[O-])cn2)cc1. The molecule has 0 unspecified atom stereocenters. The van der Waals surface area contributed by atoms with Crippen molar-refractivity contribution in [1.82, 2.24) is 4.98 Å². The van der Waals surface area contributed by atoms with E-state index in [-0.39, 0.29) is 5.69 Å². The van der Waals surface area contributed by atoms with E-state index in [4.69, 9.17) is 5.11 Å². The van der Waals surface area contributed by atoms with E-state index in [9.17, 15) is 14.9 Å². The Morgan fingerprint density at radius 2 is 1.95 bits per heavy atom. The summed E-state index contributed by atoms with van der Waals surface area (Å²) in [5, 5.41) is 22.4. The molecule has 2 rings (SSSR count). The molecule has 0 saturated carbocycles. The molecule has 0 aliphatic heterocycles. The Labute approximate surface area is 120 Å². The highest BCUT2D eigenvalue weighted by Crippen LogP contribution is 2.21. The van der Waals surface area contributed by atoms with Crippen LogP contribution in [0.1, 0.15) is 18.4 Å². The van der Waals surface area contributed by atoms with Gasteiger partial charge in [-0.05, 0) is 30.7 Å². The van der Waals surface area contributed by atoms with Crippen LogP contribution in [0.5, 0.6) is 0 Å². The van der Waals surface area contributed by atoms with Gasteiger partial charge in [-0.25, -0.2) is 4.98 Å². The van der Waals surface area contributed by atoms with E-state index in [0.29, 0.717) is 11.4 Å². The first-order valence-electron chi connectivity index (χ1n) is 6.17. The van der Waals surface area contributed by atoms with Crippen molar-refractivity contribution in [2.45, 2.75) is 12.8 Å². The minimum atomic E-state index is -0.882. The number of hydrogen-bond acceptors (Lipinski definition) is 5. The van der Waals surface area contributed by atoms with Crippen molar-refractivity contribution in [3.8, 4) is 0 Å². The van der Waals surface area contributed by atoms with Gasteiger partial charge in [0.15, 0.2) is 0 Å². The van der Waals surface area contributed by atoms with Gasteiger partial charge in [0.05, 0.1) is 10.8 Å². The van der Waals surface area contributed by atoms with Crippen LogP contribution in [-0.2, 0) is 4.79 Å². The highest BCUT2D eigenvalue weighted by Gasteiger charge is 2.13. The fourth-order valence-corrected chi connectivity index (χ4v) is 1.71. The maximum absolute atomic E-state index is 10.9. The lowest BCUT2D eigenvalue weighted by Crippen LogP contribution is -2.07. The molecule has 7 nitrogen and oxygen atoms in total. The Morgan fingerprint density at radius 1 is 1.29 bits per heavy atom. The van der Waals surface area contributed by atoms with Crippen LogP contribution in [0.25, 0.3) is 0 Å². The van der Waals surface area contributed by atoms with Gasteiger partial charge in [0.1, 0.15) is 12.0 Å². The number of nitrogens with one attached hydrogen (secondary N) is 1. The lowest BCUT2D eigenvalue weighted by atomic mass is 10.0. The molecule has 0 saturated heterocycles. The zero-order valence-electron chi connectivity index (χ0n) is 11.2. The number of hydrogen-bond donors (Lipinski definition) is 2. The van der Waals surface area contributed by atoms with Gasteiger partial charge >= 0.3 is 5.97 Å². The van der Waals surface area contributed by atoms with Crippen molar-refractivity contribution < 1.29 is 14.8 Å². The third kappa shape index (κ3) is 3.53. The summed E-state index contributed by atoms with van der Waals surface area (Å²) in [7, 11) is 0. The molecule has 108 valence electrons. The number of nitro groups is 1. The second-order valence-corrected chi connectivity index (χ2v) is 4.47. The van der Waals surface area contributed by atoms with Crippen molar-refractivity contribution in [2.24, 2.45) is 0 Å². The topological polar surface area (TPSA) is 105 Å². The summed E-state index contributed by atoms with van der Waals surface area (Å²) in [5.74, 6) is -0.982. The average molecular weight is 287 g/mol. The number of rotatable bonds is 5. The number of carboxylic acid groups (broad SMARTS) is 1. The first kappa shape index (κ1) is 14.4. The average Bonchev–Trinajstić information content (AvgIpc) is 2.47. The number of anilines is 2. The third-order valence-corrected chi connectivity index (χ3v) is 3.01. The van der Waals surface area contributed by atoms with E-state index in [2.05, 4.69) is 10.3 Å². The maximum atomic E-state index is 10.9. The van der Waals surface area contributed by atoms with Gasteiger partial charge < -0.3 is 10.4 Å². The molecule has 1 atom stereocenters. The van der Waals surface area contributed by atoms with E-state index >= 15 is 0 Å². The first-order chi connectivity index (χ1) is 9.97. The van der Waals surface area contributed by atoms with Crippen molar-refractivity contribution in [1.29, 1.82) is 0 Å². The minimum Gasteiger partial charge on any atom is -0.481 e. The molecule has 7 heteroatoms. The number of pyridine rings is 1. The second-order valence-electron chi connectivity index (χ2n) is 4.47. The van der Waals surface area contributed by atoms with Crippen LogP contribution in [0.3, 0.4) is 0 Å². The highest BCUT2D eigenvalue weighted by atomic mass is 16.6. The van der Waals surface area contributed by atoms with Crippen LogP contribution in [0.4, 0.5) is 17.2 Å². The molecule has 0 bridgehead atoms. The van der Waals surface area contributed by atoms with Crippen molar-refractivity contribution in [3.05, 3.63) is 58.3 Å². The molecule has 0 aliphatic rings. The van der Waals surface area contributed by atoms with Crippen LogP contribution < -0.4 is 5.32 Å². The Kier molecular flexibility index (Phi) is 4.13. The Morgan fingerprint density at radius 3 is 2.43 bits per heavy atom. The summed E-state index contributed by atoms with van der Waals surface area (Å²) in [4.78, 5) is 24.8. The largest absolute Gasteiger partial charge is 0.481 e. The minimum absolute atomic E-state index is 0.0776. The van der Waals surface area contributed by atoms with Crippen LogP contribution in [0.15, 0.2) is 42.6 Å². The predicted molar refractivity (Wildman–Crippen MR) is 76.7 cm³/mol. The third-order valence-electron chi connectivity index (χ3n) is 3.01. The maximum Gasteiger partial charge on any atom is 0.310 e. The number of carbonyl (C=O) groups is 1. The van der Waals surface area contributed by atoms with Crippen molar-refractivity contribution >= 4 is 23.2 Å². The summed E-state index contributed by atoms with van der Waals surface area (Å²) in [6.45, 7) is 1.61. The molecule has 0 aliphatic carbocycles. The molecule has 1 aromatic heterocycles. The van der Waals surface area contributed by atoms with E-state index in [1.54, 1.807) is 31.2 Å². The second kappa shape index (κ2) is 6.00. The monoisotopic (exact) mass is 287 g/mol. The number of nitrogens with zero attached hydrogens (tertiary/aromatic N) is 2. The van der Waals surface area contributed by atoms with E-state index < -0.39 is 16.8 Å². The highest BCUT2D eigenvalue weighted by molar-refractivity contribution is 5.75. The molecular formula is C14H13N3O4. The number of aromatic nitrogens is 1. The lowest BCUT2D eigenvalue weighted by Gasteiger charge is -2.09. The van der Waals surface area contributed by atoms with E-state index in [0.717, 1.165) is 5.69 Å². The molecule has 0 radical (unpaired) electrons. The van der Waals surface area contributed by atoms with Gasteiger partial charge in [0.25, 0.3) is 5.69 Å². The zero-order chi connectivity index (χ0) is 15.4. The Hall–Kier alpha value is -2.96. The summed E-state index contributed by atoms with van der Waals surface area (Å²) >= 11 is 0. The molecule has 0 fully saturated rings. The quantitative estimate of drug-likeness (QED) is 0.647. The van der Waals surface area contributed by atoms with Gasteiger partial charge in [-0.2, -0.15) is 0 Å². The Bertz CT molecular complexity index is 653. The molecular weight excluding hydrogens is 274 g/mol. The van der Waals surface area contributed by atoms with Crippen LogP contribution in [-0.4, -0.2) is 21.0 Å². The summed E-state index contributed by atoms with van der Waals surface area (Å²) in [6, 6.07) is 9.76. The van der Waals surface area contributed by atoms with Gasteiger partial charge in [0, 0.05) is 11.8 Å². The number of benzene rings is 1. The van der Waals surface area contributed by atoms with Crippen molar-refractivity contribution in [3.63, 3.8) is 0 Å². The number of carboxylic acids is 1. The fraction of sp³-hybridized carbons (Fsp3) is 0.143. The molecule has 1 aromatic carbocycles. The van der Waals surface area contributed by atoms with E-state index in [1.165, 1.54) is 18.3 Å². The molecule has 2 aromatic rings. The molecule has 2 N–H and O–H groups in total. The molecule has 1 heterocycles. The fourth-order valence-electron chi connectivity index (χ4n) is 1.71. The number of aliphatic carboxylic acids is 1. The molecule has 0 amide bonds. The summed E-state index contributed by atoms with van der Waals surface area (Å²) in [6.07, 6.45) is 1.17. The summed E-state index contributed by atoms with van der Waals surface area (Å²) < 4.78 is 0. The standard InChI is InChI=1S/C14H13N3O4/c1-9(14(18)19)10-2-4-11(5-3-10)16-13-7-6-12(8-15-13)17(20)21/h2-9H,1H3,(H,15,16)(H,18,19)/t9-/m1/s1. The lowest BCUT2D eigenvalue weighted by molar-refractivity contribution is -0.385. The van der Waals surface area contributed by atoms with Gasteiger partial charge in [-0.15, -0.1) is 0 Å². The zero-order valence-corrected chi connectivity index (χ0v) is 11.2. The molecule has 0 spiro atoms. The van der Waals surface area contributed by atoms with Gasteiger partial charge in [0.2, 0.25) is 0 Å². The normalized spacial score (nSPS) is 11.7.